The number of ketones is 2. The summed E-state index contributed by atoms with van der Waals surface area (Å²) in [6.45, 7) is 0. The lowest BCUT2D eigenvalue weighted by atomic mass is 9.94. The van der Waals surface area contributed by atoms with Gasteiger partial charge in [0.15, 0.2) is 0 Å². The van der Waals surface area contributed by atoms with Gasteiger partial charge in [0, 0.05) is 51.4 Å². The van der Waals surface area contributed by atoms with Crippen LogP contribution in [0.5, 0.6) is 0 Å². The molecule has 0 rings (SSSR count). The molecule has 17 nitrogen and oxygen atoms in total. The number of carbonyl (C=O) groups excluding carboxylic acids is 5. The third-order valence-electron chi connectivity index (χ3n) is 8.73. The van der Waals surface area contributed by atoms with E-state index in [1.54, 1.807) is 0 Å². The molecule has 2 amide bonds. The third-order valence-corrected chi connectivity index (χ3v) is 8.73. The Labute approximate surface area is 308 Å². The van der Waals surface area contributed by atoms with Crippen molar-refractivity contribution >= 4 is 59.5 Å². The fourth-order valence-electron chi connectivity index (χ4n) is 5.59. The van der Waals surface area contributed by atoms with Crippen LogP contribution in [0, 0.1) is 11.8 Å². The Morgan fingerprint density at radius 2 is 0.811 bits per heavy atom. The molecule has 0 aromatic heterocycles. The lowest BCUT2D eigenvalue weighted by Gasteiger charge is -2.17. The van der Waals surface area contributed by atoms with E-state index >= 15 is 0 Å². The average Bonchev–Trinajstić information content (AvgIpc) is 3.08. The van der Waals surface area contributed by atoms with Crippen molar-refractivity contribution < 1.29 is 73.5 Å². The highest BCUT2D eigenvalue weighted by atomic mass is 16.4. The minimum Gasteiger partial charge on any atom is -0.481 e. The molecule has 17 heteroatoms. The largest absolute Gasteiger partial charge is 0.481 e. The van der Waals surface area contributed by atoms with Gasteiger partial charge in [-0.3, -0.25) is 33.6 Å². The third kappa shape index (κ3) is 25.8. The van der Waals surface area contributed by atoms with Crippen molar-refractivity contribution in [3.8, 4) is 0 Å². The van der Waals surface area contributed by atoms with E-state index in [2.05, 4.69) is 10.6 Å². The lowest BCUT2D eigenvalue weighted by Crippen LogP contribution is -2.41. The molecule has 0 aromatic carbocycles. The second-order valence-corrected chi connectivity index (χ2v) is 13.3. The zero-order valence-electron chi connectivity index (χ0n) is 30.3. The molecule has 0 saturated heterocycles. The Balaban J connectivity index is 4.59. The van der Waals surface area contributed by atoms with E-state index in [9.17, 15) is 68.4 Å². The van der Waals surface area contributed by atoms with Gasteiger partial charge in [-0.05, 0) is 38.5 Å². The normalized spacial score (nSPS) is 13.1. The molecule has 0 fully saturated rings. The maximum Gasteiger partial charge on any atom is 0.326 e. The maximum absolute atomic E-state index is 12.6. The predicted octanol–water partition coefficient (Wildman–Crippen LogP) is 3.53. The van der Waals surface area contributed by atoms with Crippen LogP contribution in [0.2, 0.25) is 0 Å². The van der Waals surface area contributed by atoms with Gasteiger partial charge in [0.25, 0.3) is 0 Å². The highest BCUT2D eigenvalue weighted by molar-refractivity contribution is 5.88. The fourth-order valence-corrected chi connectivity index (χ4v) is 5.59. The van der Waals surface area contributed by atoms with E-state index < -0.39 is 96.4 Å². The van der Waals surface area contributed by atoms with Gasteiger partial charge in [0.05, 0.1) is 11.8 Å². The first-order valence-corrected chi connectivity index (χ1v) is 18.3. The highest BCUT2D eigenvalue weighted by Gasteiger charge is 2.27. The summed E-state index contributed by atoms with van der Waals surface area (Å²) < 4.78 is 0. The monoisotopic (exact) mass is 756 g/mol. The molecule has 0 heterocycles. The van der Waals surface area contributed by atoms with Crippen molar-refractivity contribution in [2.75, 3.05) is 0 Å². The smallest absolute Gasteiger partial charge is 0.326 e. The molecule has 0 aliphatic carbocycles. The van der Waals surface area contributed by atoms with Gasteiger partial charge in [-0.1, -0.05) is 51.4 Å². The predicted molar refractivity (Wildman–Crippen MR) is 187 cm³/mol. The summed E-state index contributed by atoms with van der Waals surface area (Å²) in [6, 6.07) is -2.88. The molecule has 0 aliphatic heterocycles. The molecule has 7 N–H and O–H groups in total. The van der Waals surface area contributed by atoms with Gasteiger partial charge >= 0.3 is 29.8 Å². The van der Waals surface area contributed by atoms with Gasteiger partial charge < -0.3 is 41.0 Å². The second-order valence-electron chi connectivity index (χ2n) is 13.3. The van der Waals surface area contributed by atoms with Crippen molar-refractivity contribution in [3.63, 3.8) is 0 Å². The van der Waals surface area contributed by atoms with E-state index in [1.807, 2.05) is 0 Å². The molecule has 300 valence electrons. The van der Waals surface area contributed by atoms with Crippen LogP contribution >= 0.6 is 0 Å². The molecule has 53 heavy (non-hydrogen) atoms. The number of amides is 2. The molecule has 0 spiro atoms. The molecule has 0 aliphatic rings. The van der Waals surface area contributed by atoms with Gasteiger partial charge in [0.2, 0.25) is 11.8 Å². The number of carboxylic acid groups (broad SMARTS) is 5. The summed E-state index contributed by atoms with van der Waals surface area (Å²) in [7, 11) is 0. The number of Topliss-reactive ketones (excluding diaryl/α,β-unsaturated/α-hetero) is 2. The number of hydrogen-bond acceptors (Lipinski definition) is 10. The highest BCUT2D eigenvalue weighted by Crippen LogP contribution is 2.17. The van der Waals surface area contributed by atoms with E-state index in [4.69, 9.17) is 5.11 Å². The number of carbonyl (C=O) groups is 10. The Morgan fingerprint density at radius 3 is 1.19 bits per heavy atom. The second kappa shape index (κ2) is 28.8. The summed E-state index contributed by atoms with van der Waals surface area (Å²) in [6.07, 6.45) is 6.57. The van der Waals surface area contributed by atoms with Crippen molar-refractivity contribution in [3.05, 3.63) is 0 Å². The van der Waals surface area contributed by atoms with Crippen molar-refractivity contribution in [1.82, 2.24) is 10.6 Å². The Morgan fingerprint density at radius 1 is 0.434 bits per heavy atom. The number of carboxylic acids is 5. The number of hydrogen-bond donors (Lipinski definition) is 7. The van der Waals surface area contributed by atoms with Crippen molar-refractivity contribution in [1.29, 1.82) is 0 Å². The Kier molecular flexibility index (Phi) is 26.3. The standard InChI is InChI=1S/C36H56N2O15/c39-21-11-12-24(33(46)47)22-26(40)16-19-29(36(52)53)38-31(43)20-15-25(34(48)49)23-27(41)17-18-28(35(50)51)37-30(42)13-9-7-5-3-1-2-4-6-8-10-14-32(44)45/h21,24-25,28-29H,1-20,22-23H2,(H,37,42)(H,38,43)(H,44,45)(H,46,47)(H,48,49)(H,50,51)(H,52,53)/t24-,25-,28+,29+/m1/s1. The first-order valence-electron chi connectivity index (χ1n) is 18.3. The minimum atomic E-state index is -1.53. The SMILES string of the molecule is O=CCC[C@H](CC(=O)CC[C@H](NC(=O)CC[C@H](CC(=O)CC[C@H](NC(=O)CCCCCCCCCCCCC(=O)O)C(=O)O)C(=O)O)C(=O)O)C(=O)O. The molecule has 0 saturated carbocycles. The van der Waals surface area contributed by atoms with Gasteiger partial charge in [-0.15, -0.1) is 0 Å². The molecular formula is C36H56N2O15. The zero-order chi connectivity index (χ0) is 40.2. The maximum atomic E-state index is 12.6. The van der Waals surface area contributed by atoms with E-state index in [-0.39, 0.29) is 57.8 Å². The summed E-state index contributed by atoms with van der Waals surface area (Å²) in [5, 5.41) is 51.0. The number of rotatable bonds is 35. The summed E-state index contributed by atoms with van der Waals surface area (Å²) in [5.74, 6) is -11.2. The summed E-state index contributed by atoms with van der Waals surface area (Å²) >= 11 is 0. The van der Waals surface area contributed by atoms with Crippen LogP contribution in [-0.4, -0.2) is 97.1 Å². The van der Waals surface area contributed by atoms with E-state index in [1.165, 1.54) is 0 Å². The van der Waals surface area contributed by atoms with Crippen LogP contribution in [0.1, 0.15) is 141 Å². The van der Waals surface area contributed by atoms with Crippen LogP contribution in [0.15, 0.2) is 0 Å². The molecule has 0 unspecified atom stereocenters. The minimum absolute atomic E-state index is 0.0573. The van der Waals surface area contributed by atoms with Gasteiger partial charge in [0.1, 0.15) is 29.9 Å². The average molecular weight is 757 g/mol. The van der Waals surface area contributed by atoms with Crippen LogP contribution in [-0.2, 0) is 47.9 Å². The van der Waals surface area contributed by atoms with Crippen LogP contribution in [0.25, 0.3) is 0 Å². The van der Waals surface area contributed by atoms with Crippen molar-refractivity contribution in [2.24, 2.45) is 11.8 Å². The van der Waals surface area contributed by atoms with Gasteiger partial charge in [-0.25, -0.2) is 9.59 Å². The van der Waals surface area contributed by atoms with Crippen LogP contribution in [0.3, 0.4) is 0 Å². The number of aliphatic carboxylic acids is 5. The van der Waals surface area contributed by atoms with Crippen LogP contribution in [0.4, 0.5) is 0 Å². The first kappa shape index (κ1) is 48.3. The molecule has 0 bridgehead atoms. The first-order chi connectivity index (χ1) is 25.1. The van der Waals surface area contributed by atoms with Crippen LogP contribution < -0.4 is 10.6 Å². The Bertz CT molecular complexity index is 1240. The number of nitrogens with one attached hydrogen (secondary N) is 2. The Hall–Kier alpha value is -4.70. The summed E-state index contributed by atoms with van der Waals surface area (Å²) in [5.41, 5.74) is 0. The quantitative estimate of drug-likeness (QED) is 0.0359. The summed E-state index contributed by atoms with van der Waals surface area (Å²) in [4.78, 5) is 117. The molecular weight excluding hydrogens is 700 g/mol. The van der Waals surface area contributed by atoms with Gasteiger partial charge in [-0.2, -0.15) is 0 Å². The fraction of sp³-hybridized carbons (Fsp3) is 0.722. The van der Waals surface area contributed by atoms with E-state index in [0.29, 0.717) is 19.1 Å². The van der Waals surface area contributed by atoms with Crippen molar-refractivity contribution in [2.45, 2.75) is 153 Å². The molecule has 4 atom stereocenters. The zero-order valence-corrected chi connectivity index (χ0v) is 30.3. The topological polar surface area (TPSA) is 296 Å². The lowest BCUT2D eigenvalue weighted by molar-refractivity contribution is -0.145. The number of aldehydes is 1. The van der Waals surface area contributed by atoms with E-state index in [0.717, 1.165) is 51.4 Å². The molecule has 0 aromatic rings. The number of unbranched alkanes of at least 4 members (excludes halogenated alkanes) is 9. The molecule has 0 radical (unpaired) electrons.